The van der Waals surface area contributed by atoms with E-state index in [2.05, 4.69) is 10.3 Å². The fourth-order valence-corrected chi connectivity index (χ4v) is 5.29. The number of benzene rings is 2. The number of halogens is 1. The van der Waals surface area contributed by atoms with Crippen molar-refractivity contribution in [3.8, 4) is 11.5 Å². The number of nitrogens with one attached hydrogen (secondary N) is 1. The first kappa shape index (κ1) is 25.0. The molecular formula is C26H28ClN3O4S. The molecule has 2 heterocycles. The molecule has 0 aliphatic carbocycles. The van der Waals surface area contributed by atoms with Gasteiger partial charge in [-0.3, -0.25) is 9.59 Å². The number of likely N-dealkylation sites (tertiary alicyclic amines) is 1. The molecule has 0 bridgehead atoms. The summed E-state index contributed by atoms with van der Waals surface area (Å²) in [6.07, 6.45) is 1.96. The highest BCUT2D eigenvalue weighted by molar-refractivity contribution is 7.09. The van der Waals surface area contributed by atoms with Crippen molar-refractivity contribution in [3.63, 3.8) is 0 Å². The average molecular weight is 514 g/mol. The van der Waals surface area contributed by atoms with Crippen LogP contribution < -0.4 is 14.8 Å². The van der Waals surface area contributed by atoms with E-state index in [9.17, 15) is 9.59 Å². The first-order chi connectivity index (χ1) is 17.0. The molecule has 1 aliphatic rings. The number of carbonyl (C=O) groups excluding carboxylic acids is 2. The SMILES string of the molecule is COc1cc(CNC(=O)c2csc(C3CCN(C(=O)Cc4ccccc4Cl)CC3)n2)cc(OC)c1. The van der Waals surface area contributed by atoms with Crippen LogP contribution in [0.2, 0.25) is 5.02 Å². The van der Waals surface area contributed by atoms with Gasteiger partial charge >= 0.3 is 0 Å². The molecule has 1 fully saturated rings. The highest BCUT2D eigenvalue weighted by Crippen LogP contribution is 2.31. The molecule has 184 valence electrons. The molecule has 1 aliphatic heterocycles. The van der Waals surface area contributed by atoms with Crippen LogP contribution >= 0.6 is 22.9 Å². The van der Waals surface area contributed by atoms with Crippen molar-refractivity contribution in [2.75, 3.05) is 27.3 Å². The molecule has 2 amide bonds. The number of hydrogen-bond acceptors (Lipinski definition) is 6. The van der Waals surface area contributed by atoms with Gasteiger partial charge in [-0.1, -0.05) is 29.8 Å². The molecule has 0 saturated carbocycles. The Morgan fingerprint density at radius 1 is 1.11 bits per heavy atom. The minimum atomic E-state index is -0.221. The summed E-state index contributed by atoms with van der Waals surface area (Å²) in [7, 11) is 3.18. The van der Waals surface area contributed by atoms with E-state index < -0.39 is 0 Å². The van der Waals surface area contributed by atoms with Crippen molar-refractivity contribution in [3.05, 3.63) is 74.7 Å². The summed E-state index contributed by atoms with van der Waals surface area (Å²) in [5, 5.41) is 6.27. The Bertz CT molecular complexity index is 1170. The molecule has 4 rings (SSSR count). The Labute approximate surface area is 214 Å². The second-order valence-electron chi connectivity index (χ2n) is 8.40. The number of piperidine rings is 1. The van der Waals surface area contributed by atoms with Crippen LogP contribution in [0, 0.1) is 0 Å². The minimum absolute atomic E-state index is 0.0879. The van der Waals surface area contributed by atoms with Gasteiger partial charge in [-0.2, -0.15) is 0 Å². The van der Waals surface area contributed by atoms with Crippen LogP contribution in [0.5, 0.6) is 11.5 Å². The summed E-state index contributed by atoms with van der Waals surface area (Å²) in [4.78, 5) is 31.9. The van der Waals surface area contributed by atoms with Gasteiger partial charge in [0.05, 0.1) is 25.6 Å². The van der Waals surface area contributed by atoms with E-state index >= 15 is 0 Å². The van der Waals surface area contributed by atoms with Crippen molar-refractivity contribution in [1.29, 1.82) is 0 Å². The molecule has 35 heavy (non-hydrogen) atoms. The Kier molecular flexibility index (Phi) is 8.25. The lowest BCUT2D eigenvalue weighted by atomic mass is 9.97. The fraction of sp³-hybridized carbons (Fsp3) is 0.346. The number of thiazole rings is 1. The molecule has 0 atom stereocenters. The summed E-state index contributed by atoms with van der Waals surface area (Å²) >= 11 is 7.70. The topological polar surface area (TPSA) is 80.8 Å². The molecular weight excluding hydrogens is 486 g/mol. The Balaban J connectivity index is 1.29. The number of methoxy groups -OCH3 is 2. The van der Waals surface area contributed by atoms with E-state index in [0.717, 1.165) is 29.0 Å². The third kappa shape index (κ3) is 6.32. The van der Waals surface area contributed by atoms with Gasteiger partial charge in [0.15, 0.2) is 0 Å². The summed E-state index contributed by atoms with van der Waals surface area (Å²) in [6, 6.07) is 12.9. The van der Waals surface area contributed by atoms with Gasteiger partial charge < -0.3 is 19.7 Å². The average Bonchev–Trinajstić information content (AvgIpc) is 3.39. The number of amides is 2. The van der Waals surface area contributed by atoms with Crippen molar-refractivity contribution < 1.29 is 19.1 Å². The lowest BCUT2D eigenvalue weighted by molar-refractivity contribution is -0.131. The van der Waals surface area contributed by atoms with Crippen molar-refractivity contribution >= 4 is 34.8 Å². The number of rotatable bonds is 8. The standard InChI is InChI=1S/C26H28ClN3O4S/c1-33-20-11-17(12-21(14-20)34-2)15-28-25(32)23-16-35-26(29-23)18-7-9-30(10-8-18)24(31)13-19-5-3-4-6-22(19)27/h3-6,11-12,14,16,18H,7-10,13,15H2,1-2H3,(H,28,32). The summed E-state index contributed by atoms with van der Waals surface area (Å²) < 4.78 is 10.6. The van der Waals surface area contributed by atoms with Gasteiger partial charge in [0.25, 0.3) is 5.91 Å². The van der Waals surface area contributed by atoms with Crippen molar-refractivity contribution in [2.24, 2.45) is 0 Å². The fourth-order valence-electron chi connectivity index (χ4n) is 4.11. The van der Waals surface area contributed by atoms with Gasteiger partial charge in [0.2, 0.25) is 5.91 Å². The Morgan fingerprint density at radius 2 is 1.80 bits per heavy atom. The van der Waals surface area contributed by atoms with Crippen LogP contribution in [-0.2, 0) is 17.8 Å². The molecule has 9 heteroatoms. The number of nitrogens with zero attached hydrogens (tertiary/aromatic N) is 2. The molecule has 0 unspecified atom stereocenters. The van der Waals surface area contributed by atoms with Gasteiger partial charge in [0.1, 0.15) is 17.2 Å². The number of carbonyl (C=O) groups is 2. The van der Waals surface area contributed by atoms with E-state index in [1.165, 1.54) is 11.3 Å². The second kappa shape index (κ2) is 11.6. The van der Waals surface area contributed by atoms with Crippen LogP contribution in [0.25, 0.3) is 0 Å². The number of aromatic nitrogens is 1. The first-order valence-electron chi connectivity index (χ1n) is 11.4. The third-order valence-electron chi connectivity index (χ3n) is 6.12. The second-order valence-corrected chi connectivity index (χ2v) is 9.69. The van der Waals surface area contributed by atoms with Crippen LogP contribution in [0.4, 0.5) is 0 Å². The molecule has 3 aromatic rings. The predicted molar refractivity (Wildman–Crippen MR) is 137 cm³/mol. The lowest BCUT2D eigenvalue weighted by Gasteiger charge is -2.31. The van der Waals surface area contributed by atoms with Crippen LogP contribution in [-0.4, -0.2) is 49.0 Å². The first-order valence-corrected chi connectivity index (χ1v) is 12.7. The number of ether oxygens (including phenoxy) is 2. The molecule has 2 aromatic carbocycles. The highest BCUT2D eigenvalue weighted by atomic mass is 35.5. The molecule has 0 radical (unpaired) electrons. The van der Waals surface area contributed by atoms with E-state index in [1.54, 1.807) is 31.7 Å². The van der Waals surface area contributed by atoms with Crippen LogP contribution in [0.15, 0.2) is 47.8 Å². The predicted octanol–water partition coefficient (Wildman–Crippen LogP) is 4.69. The van der Waals surface area contributed by atoms with E-state index in [1.807, 2.05) is 35.2 Å². The molecule has 1 N–H and O–H groups in total. The maximum absolute atomic E-state index is 12.7. The van der Waals surface area contributed by atoms with Crippen molar-refractivity contribution in [2.45, 2.75) is 31.7 Å². The van der Waals surface area contributed by atoms with Crippen LogP contribution in [0.3, 0.4) is 0 Å². The molecule has 1 aromatic heterocycles. The summed E-state index contributed by atoms with van der Waals surface area (Å²) in [6.45, 7) is 1.69. The molecule has 1 saturated heterocycles. The lowest BCUT2D eigenvalue weighted by Crippen LogP contribution is -2.38. The maximum Gasteiger partial charge on any atom is 0.271 e. The van der Waals surface area contributed by atoms with E-state index in [0.29, 0.717) is 48.3 Å². The highest BCUT2D eigenvalue weighted by Gasteiger charge is 2.26. The maximum atomic E-state index is 12.7. The van der Waals surface area contributed by atoms with Crippen molar-refractivity contribution in [1.82, 2.24) is 15.2 Å². The molecule has 7 nitrogen and oxygen atoms in total. The summed E-state index contributed by atoms with van der Waals surface area (Å²) in [5.74, 6) is 1.45. The quantitative estimate of drug-likeness (QED) is 0.472. The third-order valence-corrected chi connectivity index (χ3v) is 7.49. The molecule has 0 spiro atoms. The zero-order chi connectivity index (χ0) is 24.8. The monoisotopic (exact) mass is 513 g/mol. The van der Waals surface area contributed by atoms with Crippen LogP contribution in [0.1, 0.15) is 45.4 Å². The largest absolute Gasteiger partial charge is 0.497 e. The zero-order valence-electron chi connectivity index (χ0n) is 19.8. The normalized spacial score (nSPS) is 14.0. The van der Waals surface area contributed by atoms with Gasteiger partial charge in [-0.15, -0.1) is 11.3 Å². The zero-order valence-corrected chi connectivity index (χ0v) is 21.3. The Morgan fingerprint density at radius 3 is 2.46 bits per heavy atom. The number of hydrogen-bond donors (Lipinski definition) is 1. The van der Waals surface area contributed by atoms with Gasteiger partial charge in [0, 0.05) is 42.0 Å². The smallest absolute Gasteiger partial charge is 0.271 e. The Hall–Kier alpha value is -3.10. The van der Waals surface area contributed by atoms with E-state index in [4.69, 9.17) is 21.1 Å². The van der Waals surface area contributed by atoms with Gasteiger partial charge in [-0.05, 0) is 42.2 Å². The van der Waals surface area contributed by atoms with Gasteiger partial charge in [-0.25, -0.2) is 4.98 Å². The minimum Gasteiger partial charge on any atom is -0.497 e. The summed E-state index contributed by atoms with van der Waals surface area (Å²) in [5.41, 5.74) is 2.14. The van der Waals surface area contributed by atoms with E-state index in [-0.39, 0.29) is 17.7 Å².